The molecule has 0 radical (unpaired) electrons. The normalized spacial score (nSPS) is 10.6. The van der Waals surface area contributed by atoms with Crippen molar-refractivity contribution >= 4 is 0 Å². The molecule has 0 atom stereocenters. The standard InChI is InChI=1S/C6H15N.H3N/c1-5(2)7-6(3)4;/h5-7H,1-4H3;1H3/i/hD. The molecule has 2 nitrogen and oxygen atoms in total. The minimum absolute atomic E-state index is 0.625. The van der Waals surface area contributed by atoms with Crippen LogP contribution in [0.3, 0.4) is 0 Å². The summed E-state index contributed by atoms with van der Waals surface area (Å²) in [5.41, 5.74) is 0. The van der Waals surface area contributed by atoms with E-state index in [0.29, 0.717) is 12.1 Å². The van der Waals surface area contributed by atoms with Gasteiger partial charge in [0.25, 0.3) is 0 Å². The maximum Gasteiger partial charge on any atom is 0.115 e. The van der Waals surface area contributed by atoms with Crippen LogP contribution in [0.2, 0.25) is 1.41 Å². The highest BCUT2D eigenvalue weighted by Crippen LogP contribution is 1.80. The van der Waals surface area contributed by atoms with Crippen molar-refractivity contribution < 1.29 is 1.41 Å². The molecule has 2 heteroatoms. The Morgan fingerprint density at radius 2 is 1.38 bits per heavy atom. The van der Waals surface area contributed by atoms with Crippen LogP contribution in [-0.4, -0.2) is 12.1 Å². The Labute approximate surface area is 53.7 Å². The number of rotatable bonds is 2. The highest BCUT2D eigenvalue weighted by molar-refractivity contribution is 4.55. The summed E-state index contributed by atoms with van der Waals surface area (Å²) in [4.78, 5) is 0. The molecule has 0 spiro atoms. The van der Waals surface area contributed by atoms with Gasteiger partial charge in [0.05, 0.1) is 0 Å². The molecule has 0 fully saturated rings. The smallest absolute Gasteiger partial charge is 0.115 e. The lowest BCUT2D eigenvalue weighted by Crippen LogP contribution is -2.29. The number of nitrogens with one attached hydrogen (secondary N) is 1. The molecule has 8 heavy (non-hydrogen) atoms. The molecule has 0 aliphatic carbocycles. The first kappa shape index (κ1) is 7.92. The zero-order valence-corrected chi connectivity index (χ0v) is 6.23. The molecule has 52 valence electrons. The largest absolute Gasteiger partial charge is 0.344 e. The summed E-state index contributed by atoms with van der Waals surface area (Å²) >= 11 is 0. The lowest BCUT2D eigenvalue weighted by atomic mass is 10.3. The first-order chi connectivity index (χ1) is 4.13. The van der Waals surface area contributed by atoms with Crippen LogP contribution in [0.25, 0.3) is 0 Å². The van der Waals surface area contributed by atoms with Crippen LogP contribution in [0, 0.1) is 0 Å². The van der Waals surface area contributed by atoms with Crippen molar-refractivity contribution in [1.29, 1.82) is 0 Å². The van der Waals surface area contributed by atoms with Gasteiger partial charge < -0.3 is 11.5 Å². The molecule has 0 heterocycles. The Hall–Kier alpha value is -0.0800. The summed E-state index contributed by atoms with van der Waals surface area (Å²) in [6.07, 6.45) is 3.75. The molecule has 0 aromatic rings. The molecule has 0 aromatic heterocycles. The van der Waals surface area contributed by atoms with Gasteiger partial charge >= 0.3 is 0 Å². The zero-order valence-electron chi connectivity index (χ0n) is 7.23. The Morgan fingerprint density at radius 3 is 1.38 bits per heavy atom. The number of hydrogen-bond acceptors (Lipinski definition) is 2. The molecule has 0 unspecified atom stereocenters. The van der Waals surface area contributed by atoms with Gasteiger partial charge in [-0.3, -0.25) is 0 Å². The van der Waals surface area contributed by atoms with E-state index < -0.39 is 0 Å². The van der Waals surface area contributed by atoms with E-state index in [1.807, 2.05) is 0 Å². The van der Waals surface area contributed by atoms with E-state index in [1.54, 1.807) is 0 Å². The molecular weight excluding hydrogens is 100 g/mol. The lowest BCUT2D eigenvalue weighted by molar-refractivity contribution is 0.518. The molecule has 4 N–H and O–H groups in total. The Bertz CT molecular complexity index is 40.3. The molecule has 0 amide bonds. The van der Waals surface area contributed by atoms with Gasteiger partial charge in [0.2, 0.25) is 0 Å². The van der Waals surface area contributed by atoms with Gasteiger partial charge in [-0.25, -0.2) is 0 Å². The fourth-order valence-corrected chi connectivity index (χ4v) is 0.667. The second-order valence-corrected chi connectivity index (χ2v) is 2.48. The topological polar surface area (TPSA) is 47.0 Å². The third-order valence-corrected chi connectivity index (χ3v) is 0.667. The van der Waals surface area contributed by atoms with E-state index in [0.717, 1.165) is 0 Å². The van der Waals surface area contributed by atoms with Crippen LogP contribution >= 0.6 is 0 Å². The highest BCUT2D eigenvalue weighted by Gasteiger charge is 1.92. The Balaban J connectivity index is 0. The van der Waals surface area contributed by atoms with Crippen molar-refractivity contribution in [3.8, 4) is 0 Å². The third kappa shape index (κ3) is 9.33. The Morgan fingerprint density at radius 1 is 1.12 bits per heavy atom. The van der Waals surface area contributed by atoms with Crippen LogP contribution < -0.4 is 11.5 Å². The van der Waals surface area contributed by atoms with Gasteiger partial charge in [0, 0.05) is 12.1 Å². The van der Waals surface area contributed by atoms with Crippen molar-refractivity contribution in [2.75, 3.05) is 0 Å². The summed E-state index contributed by atoms with van der Waals surface area (Å²) in [5, 5.41) is 3.31. The van der Waals surface area contributed by atoms with Crippen molar-refractivity contribution in [2.45, 2.75) is 39.8 Å². The van der Waals surface area contributed by atoms with Crippen LogP contribution in [0.4, 0.5) is 0 Å². The van der Waals surface area contributed by atoms with E-state index in [9.17, 15) is 0 Å². The zero-order chi connectivity index (χ0) is 7.86. The van der Waals surface area contributed by atoms with E-state index >= 15 is 0 Å². The van der Waals surface area contributed by atoms with Gasteiger partial charge in [-0.15, -0.1) is 0 Å². The van der Waals surface area contributed by atoms with Crippen molar-refractivity contribution in [2.24, 2.45) is 0 Å². The molecule has 0 bridgehead atoms. The first-order valence-corrected chi connectivity index (χ1v) is 2.89. The molecule has 0 rings (SSSR count). The van der Waals surface area contributed by atoms with Crippen molar-refractivity contribution in [3.63, 3.8) is 0 Å². The molecule has 0 saturated carbocycles. The second-order valence-electron chi connectivity index (χ2n) is 2.48. The van der Waals surface area contributed by atoms with Gasteiger partial charge in [-0.1, -0.05) is 27.7 Å². The van der Waals surface area contributed by atoms with Gasteiger partial charge in [0.15, 0.2) is 0 Å². The van der Waals surface area contributed by atoms with E-state index in [-0.39, 0.29) is 0 Å². The van der Waals surface area contributed by atoms with E-state index in [2.05, 4.69) is 39.2 Å². The van der Waals surface area contributed by atoms with E-state index in [4.69, 9.17) is 1.41 Å². The van der Waals surface area contributed by atoms with E-state index in [1.165, 1.54) is 0 Å². The summed E-state index contributed by atoms with van der Waals surface area (Å²) in [6, 6.07) is 1.25. The Kier molecular flexibility index (Phi) is 5.01. The first-order valence-electron chi connectivity index (χ1n) is 3.46. The maximum absolute atomic E-state index is 5.25. The summed E-state index contributed by atoms with van der Waals surface area (Å²) in [6.45, 7) is 8.61. The molecular formula is C6H18N2. The van der Waals surface area contributed by atoms with Crippen molar-refractivity contribution in [3.05, 3.63) is 0 Å². The lowest BCUT2D eigenvalue weighted by Gasteiger charge is -2.10. The predicted molar refractivity (Wildman–Crippen MR) is 38.4 cm³/mol. The summed E-state index contributed by atoms with van der Waals surface area (Å²) in [5.74, 6) is 0. The van der Waals surface area contributed by atoms with Gasteiger partial charge in [-0.05, 0) is 0 Å². The predicted octanol–water partition coefficient (Wildman–Crippen LogP) is 1.55. The monoisotopic (exact) mass is 119 g/mol. The number of hydrogen-bond donors (Lipinski definition) is 2. The molecule has 0 aliphatic rings. The minimum Gasteiger partial charge on any atom is -0.344 e. The summed E-state index contributed by atoms with van der Waals surface area (Å²) < 4.78 is 5.25. The van der Waals surface area contributed by atoms with Crippen LogP contribution in [-0.2, 0) is 0 Å². The summed E-state index contributed by atoms with van der Waals surface area (Å²) in [7, 11) is 0. The van der Waals surface area contributed by atoms with Gasteiger partial charge in [-0.2, -0.15) is 0 Å². The SMILES string of the molecule is CC(C)NC(C)C.[2H]N. The van der Waals surface area contributed by atoms with Crippen LogP contribution in [0.5, 0.6) is 0 Å². The third-order valence-electron chi connectivity index (χ3n) is 0.667. The average molecular weight is 119 g/mol. The highest BCUT2D eigenvalue weighted by atomic mass is 14.9. The van der Waals surface area contributed by atoms with Crippen LogP contribution in [0.1, 0.15) is 27.7 Å². The molecule has 0 aromatic carbocycles. The fraction of sp³-hybridized carbons (Fsp3) is 1.00. The van der Waals surface area contributed by atoms with Gasteiger partial charge in [0.1, 0.15) is 1.41 Å². The quantitative estimate of drug-likeness (QED) is 0.579. The molecule has 0 saturated heterocycles. The van der Waals surface area contributed by atoms with Crippen molar-refractivity contribution in [1.82, 2.24) is 11.5 Å². The molecule has 0 aliphatic heterocycles. The average Bonchev–Trinajstić information content (AvgIpc) is 1.68. The second kappa shape index (κ2) is 5.06. The minimum atomic E-state index is 0.625. The maximum atomic E-state index is 5.25. The fourth-order valence-electron chi connectivity index (χ4n) is 0.667. The van der Waals surface area contributed by atoms with Crippen LogP contribution in [0.15, 0.2) is 0 Å².